The average Bonchev–Trinajstić information content (AvgIpc) is 3.29. The van der Waals surface area contributed by atoms with E-state index in [1.54, 1.807) is 48.8 Å². The van der Waals surface area contributed by atoms with E-state index in [0.29, 0.717) is 5.82 Å². The highest BCUT2D eigenvalue weighted by molar-refractivity contribution is 7.89. The van der Waals surface area contributed by atoms with Crippen molar-refractivity contribution in [3.63, 3.8) is 0 Å². The van der Waals surface area contributed by atoms with E-state index in [1.807, 2.05) is 44.2 Å². The molecular formula is C23H22N4O3S. The number of hydrogen-bond acceptors (Lipinski definition) is 6. The lowest BCUT2D eigenvalue weighted by atomic mass is 10.1. The van der Waals surface area contributed by atoms with Crippen molar-refractivity contribution in [1.29, 1.82) is 0 Å². The minimum atomic E-state index is -3.79. The standard InChI is InChI=1S/C23H22N4O3S/c1-16(2)21(23-25-22(26-30-23)19-12-14-24-15-13-19)27-31(28,29)20-10-8-18(9-11-20)17-6-4-3-5-7-17/h3-16,21,27H,1-2H3. The van der Waals surface area contributed by atoms with E-state index in [-0.39, 0.29) is 16.7 Å². The maximum atomic E-state index is 13.0. The molecule has 0 amide bonds. The first-order valence-corrected chi connectivity index (χ1v) is 11.3. The summed E-state index contributed by atoms with van der Waals surface area (Å²) in [5, 5.41) is 3.99. The molecular weight excluding hydrogens is 412 g/mol. The van der Waals surface area contributed by atoms with Gasteiger partial charge in [0.05, 0.1) is 4.90 Å². The van der Waals surface area contributed by atoms with Gasteiger partial charge >= 0.3 is 0 Å². The van der Waals surface area contributed by atoms with Crippen LogP contribution in [0.4, 0.5) is 0 Å². The normalized spacial score (nSPS) is 12.7. The van der Waals surface area contributed by atoms with Crippen molar-refractivity contribution in [3.8, 4) is 22.5 Å². The molecule has 8 heteroatoms. The van der Waals surface area contributed by atoms with Crippen molar-refractivity contribution in [2.45, 2.75) is 24.8 Å². The molecule has 4 rings (SSSR count). The number of sulfonamides is 1. The maximum absolute atomic E-state index is 13.0. The SMILES string of the molecule is CC(C)C(NS(=O)(=O)c1ccc(-c2ccccc2)cc1)c1nc(-c2ccncc2)no1. The molecule has 0 aliphatic carbocycles. The predicted octanol–water partition coefficient (Wildman–Crippen LogP) is 4.47. The van der Waals surface area contributed by atoms with Crippen LogP contribution in [0.15, 0.2) is 88.5 Å². The largest absolute Gasteiger partial charge is 0.337 e. The van der Waals surface area contributed by atoms with E-state index >= 15 is 0 Å². The van der Waals surface area contributed by atoms with Crippen LogP contribution in [-0.2, 0) is 10.0 Å². The zero-order chi connectivity index (χ0) is 21.8. The lowest BCUT2D eigenvalue weighted by molar-refractivity contribution is 0.311. The predicted molar refractivity (Wildman–Crippen MR) is 117 cm³/mol. The maximum Gasteiger partial charge on any atom is 0.245 e. The summed E-state index contributed by atoms with van der Waals surface area (Å²) in [6.07, 6.45) is 3.26. The third-order valence-corrected chi connectivity index (χ3v) is 6.32. The molecule has 0 aliphatic rings. The summed E-state index contributed by atoms with van der Waals surface area (Å²) in [6.45, 7) is 3.78. The van der Waals surface area contributed by atoms with E-state index in [1.165, 1.54) is 0 Å². The first kappa shape index (κ1) is 20.9. The van der Waals surface area contributed by atoms with Crippen molar-refractivity contribution in [2.24, 2.45) is 5.92 Å². The van der Waals surface area contributed by atoms with Crippen molar-refractivity contribution in [1.82, 2.24) is 19.8 Å². The van der Waals surface area contributed by atoms with Gasteiger partial charge in [0.15, 0.2) is 0 Å². The first-order valence-electron chi connectivity index (χ1n) is 9.86. The fraction of sp³-hybridized carbons (Fsp3) is 0.174. The molecule has 0 saturated carbocycles. The van der Waals surface area contributed by atoms with Gasteiger partial charge in [-0.2, -0.15) is 9.71 Å². The summed E-state index contributed by atoms with van der Waals surface area (Å²) in [4.78, 5) is 8.54. The van der Waals surface area contributed by atoms with Gasteiger partial charge in [-0.25, -0.2) is 8.42 Å². The fourth-order valence-corrected chi connectivity index (χ4v) is 4.48. The minimum absolute atomic E-state index is 0.107. The highest BCUT2D eigenvalue weighted by atomic mass is 32.2. The van der Waals surface area contributed by atoms with Gasteiger partial charge < -0.3 is 4.52 Å². The molecule has 0 radical (unpaired) electrons. The van der Waals surface area contributed by atoms with Crippen LogP contribution in [0, 0.1) is 5.92 Å². The van der Waals surface area contributed by atoms with Gasteiger partial charge in [0.25, 0.3) is 0 Å². The van der Waals surface area contributed by atoms with Crippen LogP contribution in [0.3, 0.4) is 0 Å². The molecule has 1 unspecified atom stereocenters. The molecule has 0 saturated heterocycles. The van der Waals surface area contributed by atoms with Gasteiger partial charge in [0, 0.05) is 18.0 Å². The van der Waals surface area contributed by atoms with Crippen LogP contribution < -0.4 is 4.72 Å². The second-order valence-electron chi connectivity index (χ2n) is 7.43. The lowest BCUT2D eigenvalue weighted by Gasteiger charge is -2.18. The Labute approximate surface area is 181 Å². The lowest BCUT2D eigenvalue weighted by Crippen LogP contribution is -2.32. The highest BCUT2D eigenvalue weighted by Crippen LogP contribution is 2.26. The average molecular weight is 435 g/mol. The van der Waals surface area contributed by atoms with Gasteiger partial charge in [0.1, 0.15) is 6.04 Å². The minimum Gasteiger partial charge on any atom is -0.337 e. The molecule has 2 heterocycles. The molecule has 2 aromatic heterocycles. The van der Waals surface area contributed by atoms with Crippen LogP contribution in [-0.4, -0.2) is 23.5 Å². The van der Waals surface area contributed by atoms with Crippen molar-refractivity contribution >= 4 is 10.0 Å². The highest BCUT2D eigenvalue weighted by Gasteiger charge is 2.28. The molecule has 31 heavy (non-hydrogen) atoms. The Hall–Kier alpha value is -3.36. The Bertz CT molecular complexity index is 1240. The number of benzene rings is 2. The number of pyridine rings is 1. The molecule has 0 spiro atoms. The van der Waals surface area contributed by atoms with Crippen molar-refractivity contribution < 1.29 is 12.9 Å². The van der Waals surface area contributed by atoms with Crippen LogP contribution in [0.1, 0.15) is 25.8 Å². The number of nitrogens with zero attached hydrogens (tertiary/aromatic N) is 3. The van der Waals surface area contributed by atoms with Gasteiger partial charge in [-0.3, -0.25) is 4.98 Å². The summed E-state index contributed by atoms with van der Waals surface area (Å²) in [6, 6.07) is 19.4. The smallest absolute Gasteiger partial charge is 0.245 e. The molecule has 0 bridgehead atoms. The van der Waals surface area contributed by atoms with Crippen molar-refractivity contribution in [2.75, 3.05) is 0 Å². The van der Waals surface area contributed by atoms with Crippen LogP contribution in [0.2, 0.25) is 0 Å². The fourth-order valence-electron chi connectivity index (χ4n) is 3.14. The third-order valence-electron chi connectivity index (χ3n) is 4.87. The Kier molecular flexibility index (Phi) is 5.92. The summed E-state index contributed by atoms with van der Waals surface area (Å²) >= 11 is 0. The Balaban J connectivity index is 1.57. The van der Waals surface area contributed by atoms with E-state index in [4.69, 9.17) is 4.52 Å². The number of nitrogens with one attached hydrogen (secondary N) is 1. The summed E-state index contributed by atoms with van der Waals surface area (Å²) < 4.78 is 34.2. The quantitative estimate of drug-likeness (QED) is 0.461. The summed E-state index contributed by atoms with van der Waals surface area (Å²) in [5.41, 5.74) is 2.71. The van der Waals surface area contributed by atoms with Gasteiger partial charge in [-0.05, 0) is 41.3 Å². The summed E-state index contributed by atoms with van der Waals surface area (Å²) in [5.74, 6) is 0.491. The molecule has 1 N–H and O–H groups in total. The molecule has 0 fully saturated rings. The zero-order valence-corrected chi connectivity index (χ0v) is 18.0. The zero-order valence-electron chi connectivity index (χ0n) is 17.1. The molecule has 2 aromatic carbocycles. The number of rotatable bonds is 7. The molecule has 158 valence electrons. The molecule has 4 aromatic rings. The van der Waals surface area contributed by atoms with Gasteiger partial charge in [-0.1, -0.05) is 61.5 Å². The van der Waals surface area contributed by atoms with E-state index in [2.05, 4.69) is 19.8 Å². The van der Waals surface area contributed by atoms with E-state index < -0.39 is 16.1 Å². The Morgan fingerprint density at radius 1 is 0.839 bits per heavy atom. The van der Waals surface area contributed by atoms with Gasteiger partial charge in [-0.15, -0.1) is 0 Å². The molecule has 1 atom stereocenters. The second-order valence-corrected chi connectivity index (χ2v) is 9.14. The third kappa shape index (κ3) is 4.70. The number of aromatic nitrogens is 3. The van der Waals surface area contributed by atoms with Crippen LogP contribution in [0.25, 0.3) is 22.5 Å². The van der Waals surface area contributed by atoms with Gasteiger partial charge in [0.2, 0.25) is 21.7 Å². The topological polar surface area (TPSA) is 98.0 Å². The number of hydrogen-bond donors (Lipinski definition) is 1. The van der Waals surface area contributed by atoms with Crippen molar-refractivity contribution in [3.05, 3.63) is 85.0 Å². The second kappa shape index (κ2) is 8.79. The monoisotopic (exact) mass is 434 g/mol. The van der Waals surface area contributed by atoms with Crippen LogP contribution >= 0.6 is 0 Å². The Morgan fingerprint density at radius 3 is 2.13 bits per heavy atom. The molecule has 7 nitrogen and oxygen atoms in total. The van der Waals surface area contributed by atoms with E-state index in [0.717, 1.165) is 16.7 Å². The Morgan fingerprint density at radius 2 is 1.48 bits per heavy atom. The summed E-state index contributed by atoms with van der Waals surface area (Å²) in [7, 11) is -3.79. The first-order chi connectivity index (χ1) is 14.9. The molecule has 0 aliphatic heterocycles. The van der Waals surface area contributed by atoms with E-state index in [9.17, 15) is 8.42 Å². The van der Waals surface area contributed by atoms with Crippen LogP contribution in [0.5, 0.6) is 0 Å².